The van der Waals surface area contributed by atoms with Crippen LogP contribution in [0.4, 0.5) is 5.69 Å². The zero-order valence-electron chi connectivity index (χ0n) is 12.4. The van der Waals surface area contributed by atoms with E-state index >= 15 is 0 Å². The first kappa shape index (κ1) is 17.5. The van der Waals surface area contributed by atoms with Gasteiger partial charge in [0.05, 0.1) is 9.95 Å². The van der Waals surface area contributed by atoms with Crippen molar-refractivity contribution in [1.82, 2.24) is 10.2 Å². The molecule has 0 saturated carbocycles. The molecule has 1 aromatic carbocycles. The van der Waals surface area contributed by atoms with Crippen molar-refractivity contribution < 1.29 is 4.92 Å². The van der Waals surface area contributed by atoms with Crippen molar-refractivity contribution in [3.63, 3.8) is 0 Å². The Hall–Kier alpha value is -0.880. The van der Waals surface area contributed by atoms with Gasteiger partial charge in [-0.2, -0.15) is 0 Å². The summed E-state index contributed by atoms with van der Waals surface area (Å²) >= 11 is 6.19. The molecule has 0 aliphatic carbocycles. The van der Waals surface area contributed by atoms with Crippen LogP contribution in [0.2, 0.25) is 5.02 Å². The molecule has 122 valence electrons. The molecule has 7 heteroatoms. The van der Waals surface area contributed by atoms with E-state index in [0.717, 1.165) is 38.3 Å². The van der Waals surface area contributed by atoms with Crippen molar-refractivity contribution in [1.29, 1.82) is 0 Å². The van der Waals surface area contributed by atoms with Crippen LogP contribution in [0.3, 0.4) is 0 Å². The number of nitro benzene ring substituents is 1. The highest BCUT2D eigenvalue weighted by molar-refractivity contribution is 6.31. The predicted octanol–water partition coefficient (Wildman–Crippen LogP) is 3.25. The summed E-state index contributed by atoms with van der Waals surface area (Å²) in [5.74, 6) is 0. The monoisotopic (exact) mass is 345 g/mol. The van der Waals surface area contributed by atoms with Gasteiger partial charge in [-0.3, -0.25) is 15.0 Å². The molecule has 22 heavy (non-hydrogen) atoms. The van der Waals surface area contributed by atoms with Gasteiger partial charge in [-0.15, -0.1) is 12.4 Å². The molecular weight excluding hydrogens is 325 g/mol. The fraction of sp³-hybridized carbons (Fsp3) is 0.600. The lowest BCUT2D eigenvalue weighted by molar-refractivity contribution is -0.384. The maximum absolute atomic E-state index is 10.7. The Morgan fingerprint density at radius 1 is 1.32 bits per heavy atom. The first-order chi connectivity index (χ1) is 10.1. The highest BCUT2D eigenvalue weighted by Gasteiger charge is 2.38. The quantitative estimate of drug-likeness (QED) is 0.674. The SMILES string of the molecule is Cl.O=[N+]([O-])c1ccc(CN2CCC3(CCNCC3)C2)c(Cl)c1. The maximum Gasteiger partial charge on any atom is 0.270 e. The van der Waals surface area contributed by atoms with Crippen LogP contribution in [-0.2, 0) is 6.54 Å². The second-order valence-electron chi connectivity index (χ2n) is 6.24. The third kappa shape index (κ3) is 3.71. The van der Waals surface area contributed by atoms with Crippen LogP contribution < -0.4 is 5.32 Å². The lowest BCUT2D eigenvalue weighted by atomic mass is 9.78. The average molecular weight is 346 g/mol. The molecule has 5 nitrogen and oxygen atoms in total. The number of hydrogen-bond acceptors (Lipinski definition) is 4. The third-order valence-corrected chi connectivity index (χ3v) is 5.17. The summed E-state index contributed by atoms with van der Waals surface area (Å²) in [6.45, 7) is 5.22. The first-order valence-electron chi connectivity index (χ1n) is 7.44. The smallest absolute Gasteiger partial charge is 0.270 e. The molecule has 2 fully saturated rings. The fourth-order valence-corrected chi connectivity index (χ4v) is 3.78. The van der Waals surface area contributed by atoms with Gasteiger partial charge in [0.15, 0.2) is 0 Å². The van der Waals surface area contributed by atoms with Crippen LogP contribution in [0, 0.1) is 15.5 Å². The summed E-state index contributed by atoms with van der Waals surface area (Å²) in [6, 6.07) is 4.78. The molecule has 3 rings (SSSR count). The number of nitrogens with zero attached hydrogens (tertiary/aromatic N) is 2. The van der Waals surface area contributed by atoms with Gasteiger partial charge in [-0.1, -0.05) is 11.6 Å². The summed E-state index contributed by atoms with van der Waals surface area (Å²) in [5, 5.41) is 14.7. The minimum atomic E-state index is -0.407. The second kappa shape index (κ2) is 7.13. The summed E-state index contributed by atoms with van der Waals surface area (Å²) in [4.78, 5) is 12.8. The number of piperidine rings is 1. The molecule has 0 unspecified atom stereocenters. The predicted molar refractivity (Wildman–Crippen MR) is 89.8 cm³/mol. The first-order valence-corrected chi connectivity index (χ1v) is 7.82. The molecule has 2 aliphatic rings. The van der Waals surface area contributed by atoms with Gasteiger partial charge in [-0.25, -0.2) is 0 Å². The fourth-order valence-electron chi connectivity index (χ4n) is 3.55. The number of rotatable bonds is 3. The average Bonchev–Trinajstić information content (AvgIpc) is 2.84. The molecule has 1 N–H and O–H groups in total. The van der Waals surface area contributed by atoms with Gasteiger partial charge in [0, 0.05) is 25.2 Å². The van der Waals surface area contributed by atoms with E-state index in [4.69, 9.17) is 11.6 Å². The van der Waals surface area contributed by atoms with E-state index in [-0.39, 0.29) is 18.1 Å². The van der Waals surface area contributed by atoms with E-state index in [1.54, 1.807) is 6.07 Å². The molecule has 2 saturated heterocycles. The highest BCUT2D eigenvalue weighted by atomic mass is 35.5. The molecule has 1 spiro atoms. The molecule has 0 aromatic heterocycles. The van der Waals surface area contributed by atoms with Crippen molar-refractivity contribution >= 4 is 29.7 Å². The van der Waals surface area contributed by atoms with Crippen LogP contribution in [-0.4, -0.2) is 36.0 Å². The number of benzene rings is 1. The molecule has 0 amide bonds. The van der Waals surface area contributed by atoms with E-state index in [0.29, 0.717) is 10.4 Å². The molecule has 2 heterocycles. The van der Waals surface area contributed by atoms with Gasteiger partial charge >= 0.3 is 0 Å². The summed E-state index contributed by atoms with van der Waals surface area (Å²) < 4.78 is 0. The topological polar surface area (TPSA) is 58.4 Å². The van der Waals surface area contributed by atoms with E-state index in [1.165, 1.54) is 31.4 Å². The zero-order valence-corrected chi connectivity index (χ0v) is 14.0. The van der Waals surface area contributed by atoms with Crippen LogP contribution in [0.25, 0.3) is 0 Å². The van der Waals surface area contributed by atoms with Crippen molar-refractivity contribution in [2.24, 2.45) is 5.41 Å². The lowest BCUT2D eigenvalue weighted by Gasteiger charge is -2.34. The number of non-ortho nitro benzene ring substituents is 1. The van der Waals surface area contributed by atoms with Crippen LogP contribution >= 0.6 is 24.0 Å². The van der Waals surface area contributed by atoms with Crippen LogP contribution in [0.5, 0.6) is 0 Å². The van der Waals surface area contributed by atoms with Gasteiger partial charge in [0.25, 0.3) is 5.69 Å². The number of hydrogen-bond donors (Lipinski definition) is 1. The molecule has 2 aliphatic heterocycles. The molecule has 0 radical (unpaired) electrons. The van der Waals surface area contributed by atoms with E-state index in [9.17, 15) is 10.1 Å². The van der Waals surface area contributed by atoms with Crippen molar-refractivity contribution in [3.05, 3.63) is 38.9 Å². The number of nitrogens with one attached hydrogen (secondary N) is 1. The van der Waals surface area contributed by atoms with E-state index < -0.39 is 4.92 Å². The highest BCUT2D eigenvalue weighted by Crippen LogP contribution is 2.39. The normalized spacial score (nSPS) is 20.8. The maximum atomic E-state index is 10.7. The number of likely N-dealkylation sites (tertiary alicyclic amines) is 1. The van der Waals surface area contributed by atoms with E-state index in [1.807, 2.05) is 0 Å². The number of nitro groups is 1. The molecule has 1 aromatic rings. The van der Waals surface area contributed by atoms with Crippen LogP contribution in [0.15, 0.2) is 18.2 Å². The van der Waals surface area contributed by atoms with Gasteiger partial charge in [0.1, 0.15) is 0 Å². The standard InChI is InChI=1S/C15H20ClN3O2.ClH/c16-14-9-13(19(20)21)2-1-12(14)10-18-8-5-15(11-18)3-6-17-7-4-15;/h1-2,9,17H,3-8,10-11H2;1H. The van der Waals surface area contributed by atoms with Gasteiger partial charge < -0.3 is 5.32 Å². The van der Waals surface area contributed by atoms with Crippen molar-refractivity contribution in [2.75, 3.05) is 26.2 Å². The van der Waals surface area contributed by atoms with Gasteiger partial charge in [-0.05, 0) is 55.9 Å². The zero-order chi connectivity index (χ0) is 14.9. The Morgan fingerprint density at radius 3 is 2.68 bits per heavy atom. The van der Waals surface area contributed by atoms with Crippen molar-refractivity contribution in [3.8, 4) is 0 Å². The second-order valence-corrected chi connectivity index (χ2v) is 6.65. The summed E-state index contributed by atoms with van der Waals surface area (Å²) in [7, 11) is 0. The Balaban J connectivity index is 0.00000176. The Labute approximate surface area is 141 Å². The summed E-state index contributed by atoms with van der Waals surface area (Å²) in [5.41, 5.74) is 1.51. The van der Waals surface area contributed by atoms with Gasteiger partial charge in [0.2, 0.25) is 0 Å². The Bertz CT molecular complexity index is 548. The summed E-state index contributed by atoms with van der Waals surface area (Å²) in [6.07, 6.45) is 3.74. The minimum absolute atomic E-state index is 0. The molecular formula is C15H21Cl2N3O2. The van der Waals surface area contributed by atoms with Crippen LogP contribution in [0.1, 0.15) is 24.8 Å². The third-order valence-electron chi connectivity index (χ3n) is 4.82. The lowest BCUT2D eigenvalue weighted by Crippen LogP contribution is -2.38. The Morgan fingerprint density at radius 2 is 2.05 bits per heavy atom. The Kier molecular flexibility index (Phi) is 5.66. The molecule has 0 bridgehead atoms. The minimum Gasteiger partial charge on any atom is -0.317 e. The number of halogens is 2. The van der Waals surface area contributed by atoms with Crippen molar-refractivity contribution in [2.45, 2.75) is 25.8 Å². The molecule has 0 atom stereocenters. The van der Waals surface area contributed by atoms with E-state index in [2.05, 4.69) is 10.2 Å². The largest absolute Gasteiger partial charge is 0.317 e.